The second-order valence-electron chi connectivity index (χ2n) is 4.21. The average Bonchev–Trinajstić information content (AvgIpc) is 2.65. The molecule has 1 aromatic carbocycles. The lowest BCUT2D eigenvalue weighted by Crippen LogP contribution is -2.31. The summed E-state index contributed by atoms with van der Waals surface area (Å²) in [6.07, 6.45) is 0.941. The van der Waals surface area contributed by atoms with Crippen LogP contribution in [-0.4, -0.2) is 36.4 Å². The highest BCUT2D eigenvalue weighted by Crippen LogP contribution is 2.09. The Morgan fingerprint density at radius 1 is 1.44 bits per heavy atom. The summed E-state index contributed by atoms with van der Waals surface area (Å²) in [4.78, 5) is 13.9. The van der Waals surface area contributed by atoms with Gasteiger partial charge in [0.2, 0.25) is 0 Å². The standard InChI is InChI=1S/C12H15FN2O/c13-10-3-1-9(2-4-10)12(16)8-15-6-5-11(14)7-15/h1-4,11H,5-8,14H2/t11-/m1/s1. The number of hydrogen-bond acceptors (Lipinski definition) is 3. The molecule has 1 aliphatic heterocycles. The molecule has 0 spiro atoms. The van der Waals surface area contributed by atoms with Crippen molar-refractivity contribution in [1.82, 2.24) is 4.90 Å². The Balaban J connectivity index is 1.95. The molecule has 0 saturated carbocycles. The van der Waals surface area contributed by atoms with E-state index in [1.165, 1.54) is 24.3 Å². The van der Waals surface area contributed by atoms with Gasteiger partial charge in [-0.2, -0.15) is 0 Å². The topological polar surface area (TPSA) is 46.3 Å². The molecule has 0 aromatic heterocycles. The van der Waals surface area contributed by atoms with E-state index in [0.717, 1.165) is 19.5 Å². The Morgan fingerprint density at radius 3 is 2.69 bits per heavy atom. The number of Topliss-reactive ketones (excluding diaryl/α,β-unsaturated/α-hetero) is 1. The van der Waals surface area contributed by atoms with Crippen molar-refractivity contribution in [3.05, 3.63) is 35.6 Å². The summed E-state index contributed by atoms with van der Waals surface area (Å²) in [5.41, 5.74) is 6.31. The predicted molar refractivity (Wildman–Crippen MR) is 59.8 cm³/mol. The van der Waals surface area contributed by atoms with E-state index in [9.17, 15) is 9.18 Å². The summed E-state index contributed by atoms with van der Waals surface area (Å²) in [5, 5.41) is 0. The van der Waals surface area contributed by atoms with Gasteiger partial charge in [0.05, 0.1) is 6.54 Å². The van der Waals surface area contributed by atoms with Gasteiger partial charge in [0.25, 0.3) is 0 Å². The SMILES string of the molecule is N[C@@H]1CCN(CC(=O)c2ccc(F)cc2)C1. The van der Waals surface area contributed by atoms with Crippen LogP contribution in [-0.2, 0) is 0 Å². The van der Waals surface area contributed by atoms with Crippen molar-refractivity contribution in [1.29, 1.82) is 0 Å². The van der Waals surface area contributed by atoms with Crippen molar-refractivity contribution in [2.75, 3.05) is 19.6 Å². The lowest BCUT2D eigenvalue weighted by molar-refractivity contribution is 0.0945. The van der Waals surface area contributed by atoms with Gasteiger partial charge in [0.1, 0.15) is 5.82 Å². The molecule has 2 N–H and O–H groups in total. The van der Waals surface area contributed by atoms with Gasteiger partial charge in [-0.25, -0.2) is 4.39 Å². The highest BCUT2D eigenvalue weighted by atomic mass is 19.1. The number of carbonyl (C=O) groups is 1. The molecular weight excluding hydrogens is 207 g/mol. The zero-order valence-corrected chi connectivity index (χ0v) is 9.03. The van der Waals surface area contributed by atoms with Crippen molar-refractivity contribution in [3.63, 3.8) is 0 Å². The average molecular weight is 222 g/mol. The van der Waals surface area contributed by atoms with Crippen LogP contribution in [0.1, 0.15) is 16.8 Å². The second-order valence-corrected chi connectivity index (χ2v) is 4.21. The van der Waals surface area contributed by atoms with E-state index in [4.69, 9.17) is 5.73 Å². The summed E-state index contributed by atoms with van der Waals surface area (Å²) in [5.74, 6) is -0.297. The van der Waals surface area contributed by atoms with E-state index in [0.29, 0.717) is 12.1 Å². The third-order valence-corrected chi connectivity index (χ3v) is 2.84. The second kappa shape index (κ2) is 4.72. The zero-order chi connectivity index (χ0) is 11.5. The zero-order valence-electron chi connectivity index (χ0n) is 9.03. The van der Waals surface area contributed by atoms with E-state index in [1.54, 1.807) is 0 Å². The number of benzene rings is 1. The van der Waals surface area contributed by atoms with E-state index in [2.05, 4.69) is 0 Å². The van der Waals surface area contributed by atoms with Crippen molar-refractivity contribution in [3.8, 4) is 0 Å². The van der Waals surface area contributed by atoms with Crippen LogP contribution in [0.5, 0.6) is 0 Å². The van der Waals surface area contributed by atoms with Gasteiger partial charge in [-0.05, 0) is 30.7 Å². The molecule has 1 saturated heterocycles. The van der Waals surface area contributed by atoms with E-state index in [-0.39, 0.29) is 17.6 Å². The normalized spacial score (nSPS) is 21.2. The van der Waals surface area contributed by atoms with Crippen LogP contribution in [0.25, 0.3) is 0 Å². The number of carbonyl (C=O) groups excluding carboxylic acids is 1. The lowest BCUT2D eigenvalue weighted by atomic mass is 10.1. The number of likely N-dealkylation sites (tertiary alicyclic amines) is 1. The molecular formula is C12H15FN2O. The van der Waals surface area contributed by atoms with Crippen molar-refractivity contribution >= 4 is 5.78 Å². The first-order chi connectivity index (χ1) is 7.65. The lowest BCUT2D eigenvalue weighted by Gasteiger charge is -2.13. The van der Waals surface area contributed by atoms with Gasteiger partial charge in [0.15, 0.2) is 5.78 Å². The molecule has 3 nitrogen and oxygen atoms in total. The molecule has 0 radical (unpaired) electrons. The van der Waals surface area contributed by atoms with Crippen molar-refractivity contribution < 1.29 is 9.18 Å². The molecule has 0 unspecified atom stereocenters. The highest BCUT2D eigenvalue weighted by molar-refractivity contribution is 5.97. The number of halogens is 1. The smallest absolute Gasteiger partial charge is 0.176 e. The first-order valence-corrected chi connectivity index (χ1v) is 5.42. The van der Waals surface area contributed by atoms with Crippen LogP contribution in [0.3, 0.4) is 0 Å². The quantitative estimate of drug-likeness (QED) is 0.777. The molecule has 1 aromatic rings. The maximum absolute atomic E-state index is 12.7. The monoisotopic (exact) mass is 222 g/mol. The van der Waals surface area contributed by atoms with E-state index in [1.807, 2.05) is 4.90 Å². The number of nitrogens with two attached hydrogens (primary N) is 1. The minimum Gasteiger partial charge on any atom is -0.326 e. The van der Waals surface area contributed by atoms with Crippen LogP contribution < -0.4 is 5.73 Å². The largest absolute Gasteiger partial charge is 0.326 e. The molecule has 2 rings (SSSR count). The van der Waals surface area contributed by atoms with Gasteiger partial charge in [-0.3, -0.25) is 9.69 Å². The van der Waals surface area contributed by atoms with Crippen molar-refractivity contribution in [2.45, 2.75) is 12.5 Å². The molecule has 0 bridgehead atoms. The number of ketones is 1. The molecule has 16 heavy (non-hydrogen) atoms. The Morgan fingerprint density at radius 2 is 2.12 bits per heavy atom. The summed E-state index contributed by atoms with van der Waals surface area (Å²) in [7, 11) is 0. The Bertz CT molecular complexity index is 377. The van der Waals surface area contributed by atoms with Crippen LogP contribution in [0.2, 0.25) is 0 Å². The van der Waals surface area contributed by atoms with E-state index >= 15 is 0 Å². The first-order valence-electron chi connectivity index (χ1n) is 5.42. The summed E-state index contributed by atoms with van der Waals surface area (Å²) in [6, 6.07) is 5.84. The summed E-state index contributed by atoms with van der Waals surface area (Å²) < 4.78 is 12.7. The maximum atomic E-state index is 12.7. The third kappa shape index (κ3) is 2.65. The highest BCUT2D eigenvalue weighted by Gasteiger charge is 2.21. The minimum atomic E-state index is -0.320. The molecule has 0 aliphatic carbocycles. The van der Waals surface area contributed by atoms with Gasteiger partial charge < -0.3 is 5.73 Å². The van der Waals surface area contributed by atoms with Crippen molar-refractivity contribution in [2.24, 2.45) is 5.73 Å². The number of rotatable bonds is 3. The van der Waals surface area contributed by atoms with Gasteiger partial charge in [-0.1, -0.05) is 0 Å². The maximum Gasteiger partial charge on any atom is 0.176 e. The molecule has 4 heteroatoms. The van der Waals surface area contributed by atoms with Gasteiger partial charge >= 0.3 is 0 Å². The van der Waals surface area contributed by atoms with E-state index < -0.39 is 0 Å². The van der Waals surface area contributed by atoms with Crippen LogP contribution in [0, 0.1) is 5.82 Å². The fourth-order valence-electron chi connectivity index (χ4n) is 1.94. The number of hydrogen-bond donors (Lipinski definition) is 1. The van der Waals surface area contributed by atoms with Gasteiger partial charge in [0, 0.05) is 24.7 Å². The Hall–Kier alpha value is -1.26. The van der Waals surface area contributed by atoms with Gasteiger partial charge in [-0.15, -0.1) is 0 Å². The first kappa shape index (κ1) is 11.2. The fraction of sp³-hybridized carbons (Fsp3) is 0.417. The van der Waals surface area contributed by atoms with Crippen LogP contribution in [0.4, 0.5) is 4.39 Å². The Labute approximate surface area is 94.0 Å². The Kier molecular flexibility index (Phi) is 3.31. The van der Waals surface area contributed by atoms with Crippen LogP contribution in [0.15, 0.2) is 24.3 Å². The predicted octanol–water partition coefficient (Wildman–Crippen LogP) is 1.04. The summed E-state index contributed by atoms with van der Waals surface area (Å²) in [6.45, 7) is 2.01. The molecule has 1 atom stereocenters. The minimum absolute atomic E-state index is 0.0223. The molecule has 86 valence electrons. The molecule has 1 heterocycles. The summed E-state index contributed by atoms with van der Waals surface area (Å²) >= 11 is 0. The van der Waals surface area contributed by atoms with Crippen LogP contribution >= 0.6 is 0 Å². The fourth-order valence-corrected chi connectivity index (χ4v) is 1.94. The third-order valence-electron chi connectivity index (χ3n) is 2.84. The number of nitrogens with zero attached hydrogens (tertiary/aromatic N) is 1. The molecule has 1 aliphatic rings. The molecule has 0 amide bonds. The molecule has 1 fully saturated rings.